The highest BCUT2D eigenvalue weighted by Crippen LogP contribution is 2.04. The standard InChI is InChI=1S/C20H21N3O6/c1-28-19(26)18(25)21-16(12-14-8-4-2-5-9-14)17(24)22-23-20(27)29-13-15-10-6-3-7-11-15/h2-11,16H,12-13H2,1H3,(H,21,25)(H,22,24)(H,23,27)/t16-/m1/s1. The lowest BCUT2D eigenvalue weighted by atomic mass is 10.1. The molecule has 3 N–H and O–H groups in total. The van der Waals surface area contributed by atoms with Crippen molar-refractivity contribution in [2.75, 3.05) is 7.11 Å². The Labute approximate surface area is 167 Å². The number of carbonyl (C=O) groups is 4. The molecule has 152 valence electrons. The molecular weight excluding hydrogens is 378 g/mol. The molecule has 0 saturated heterocycles. The lowest BCUT2D eigenvalue weighted by Gasteiger charge is -2.18. The minimum atomic E-state index is -1.13. The normalized spacial score (nSPS) is 10.9. The van der Waals surface area contributed by atoms with E-state index >= 15 is 0 Å². The Morgan fingerprint density at radius 1 is 0.862 bits per heavy atom. The molecule has 0 heterocycles. The van der Waals surface area contributed by atoms with Crippen LogP contribution in [0.15, 0.2) is 60.7 Å². The molecule has 0 radical (unpaired) electrons. The Kier molecular flexibility index (Phi) is 8.18. The van der Waals surface area contributed by atoms with Gasteiger partial charge >= 0.3 is 18.0 Å². The van der Waals surface area contributed by atoms with Gasteiger partial charge in [0, 0.05) is 6.42 Å². The summed E-state index contributed by atoms with van der Waals surface area (Å²) in [6.07, 6.45) is -0.782. The van der Waals surface area contributed by atoms with Crippen LogP contribution in [0, 0.1) is 0 Å². The predicted molar refractivity (Wildman–Crippen MR) is 102 cm³/mol. The fraction of sp³-hybridized carbons (Fsp3) is 0.200. The number of ether oxygens (including phenoxy) is 2. The molecule has 1 atom stereocenters. The van der Waals surface area contributed by atoms with Gasteiger partial charge in [-0.05, 0) is 11.1 Å². The molecule has 0 unspecified atom stereocenters. The fourth-order valence-corrected chi connectivity index (χ4v) is 2.33. The van der Waals surface area contributed by atoms with E-state index in [2.05, 4.69) is 20.9 Å². The fourth-order valence-electron chi connectivity index (χ4n) is 2.33. The number of rotatable bonds is 6. The van der Waals surface area contributed by atoms with Gasteiger partial charge in [0.15, 0.2) is 0 Å². The number of carbonyl (C=O) groups excluding carboxylic acids is 4. The summed E-state index contributed by atoms with van der Waals surface area (Å²) in [5.74, 6) is -2.94. The van der Waals surface area contributed by atoms with Crippen molar-refractivity contribution in [2.24, 2.45) is 0 Å². The lowest BCUT2D eigenvalue weighted by molar-refractivity contribution is -0.153. The molecule has 9 nitrogen and oxygen atoms in total. The molecule has 3 amide bonds. The molecular formula is C20H21N3O6. The van der Waals surface area contributed by atoms with Crippen LogP contribution in [-0.2, 0) is 36.9 Å². The summed E-state index contributed by atoms with van der Waals surface area (Å²) >= 11 is 0. The van der Waals surface area contributed by atoms with Gasteiger partial charge in [0.25, 0.3) is 5.91 Å². The number of amides is 3. The minimum Gasteiger partial charge on any atom is -0.462 e. The number of hydrogen-bond acceptors (Lipinski definition) is 6. The van der Waals surface area contributed by atoms with Crippen LogP contribution in [0.25, 0.3) is 0 Å². The van der Waals surface area contributed by atoms with Gasteiger partial charge in [-0.2, -0.15) is 0 Å². The molecule has 0 fully saturated rings. The largest absolute Gasteiger partial charge is 0.462 e. The summed E-state index contributed by atoms with van der Waals surface area (Å²) in [5, 5.41) is 2.28. The van der Waals surface area contributed by atoms with Crippen LogP contribution in [-0.4, -0.2) is 37.0 Å². The van der Waals surface area contributed by atoms with Crippen molar-refractivity contribution < 1.29 is 28.7 Å². The maximum Gasteiger partial charge on any atom is 0.426 e. The maximum atomic E-state index is 12.4. The molecule has 9 heteroatoms. The van der Waals surface area contributed by atoms with Gasteiger partial charge in [0.05, 0.1) is 7.11 Å². The first-order valence-electron chi connectivity index (χ1n) is 8.69. The van der Waals surface area contributed by atoms with Crippen LogP contribution >= 0.6 is 0 Å². The number of hydrogen-bond donors (Lipinski definition) is 3. The first-order valence-corrected chi connectivity index (χ1v) is 8.69. The quantitative estimate of drug-likeness (QED) is 0.376. The molecule has 0 aromatic heterocycles. The van der Waals surface area contributed by atoms with Crippen molar-refractivity contribution >= 4 is 23.9 Å². The third-order valence-corrected chi connectivity index (χ3v) is 3.78. The van der Waals surface area contributed by atoms with Gasteiger partial charge in [-0.25, -0.2) is 15.0 Å². The van der Waals surface area contributed by atoms with Crippen molar-refractivity contribution in [3.05, 3.63) is 71.8 Å². The second-order valence-electron chi connectivity index (χ2n) is 5.88. The van der Waals surface area contributed by atoms with E-state index in [4.69, 9.17) is 4.74 Å². The predicted octanol–water partition coefficient (Wildman–Crippen LogP) is 0.844. The summed E-state index contributed by atoms with van der Waals surface area (Å²) in [6.45, 7) is 0.0229. The third-order valence-electron chi connectivity index (χ3n) is 3.78. The van der Waals surface area contributed by atoms with E-state index in [-0.39, 0.29) is 13.0 Å². The highest BCUT2D eigenvalue weighted by atomic mass is 16.6. The van der Waals surface area contributed by atoms with E-state index in [9.17, 15) is 19.2 Å². The average molecular weight is 399 g/mol. The zero-order chi connectivity index (χ0) is 21.1. The van der Waals surface area contributed by atoms with Gasteiger partial charge in [-0.3, -0.25) is 15.0 Å². The zero-order valence-electron chi connectivity index (χ0n) is 15.7. The first kappa shape index (κ1) is 21.4. The number of esters is 1. The van der Waals surface area contributed by atoms with Crippen LogP contribution in [0.3, 0.4) is 0 Å². The van der Waals surface area contributed by atoms with Crippen molar-refractivity contribution in [3.8, 4) is 0 Å². The first-order chi connectivity index (χ1) is 14.0. The van der Waals surface area contributed by atoms with Crippen molar-refractivity contribution in [1.82, 2.24) is 16.2 Å². The monoisotopic (exact) mass is 399 g/mol. The molecule has 0 aliphatic carbocycles. The average Bonchev–Trinajstić information content (AvgIpc) is 2.76. The summed E-state index contributed by atoms with van der Waals surface area (Å²) in [4.78, 5) is 47.3. The second-order valence-corrected chi connectivity index (χ2v) is 5.88. The van der Waals surface area contributed by atoms with Crippen LogP contribution in [0.2, 0.25) is 0 Å². The molecule has 2 rings (SSSR count). The van der Waals surface area contributed by atoms with E-state index in [1.807, 2.05) is 6.07 Å². The molecule has 2 aromatic carbocycles. The topological polar surface area (TPSA) is 123 Å². The van der Waals surface area contributed by atoms with Crippen molar-refractivity contribution in [3.63, 3.8) is 0 Å². The lowest BCUT2D eigenvalue weighted by Crippen LogP contribution is -2.54. The summed E-state index contributed by atoms with van der Waals surface area (Å²) in [5.41, 5.74) is 5.80. The van der Waals surface area contributed by atoms with Gasteiger partial charge in [0.1, 0.15) is 12.6 Å². The molecule has 0 aliphatic heterocycles. The molecule has 0 bridgehead atoms. The Hall–Kier alpha value is -3.88. The number of hydrazine groups is 1. The van der Waals surface area contributed by atoms with E-state index in [0.29, 0.717) is 0 Å². The molecule has 0 spiro atoms. The minimum absolute atomic E-state index is 0.0229. The summed E-state index contributed by atoms with van der Waals surface area (Å²) < 4.78 is 9.33. The van der Waals surface area contributed by atoms with Gasteiger partial charge in [0.2, 0.25) is 0 Å². The van der Waals surface area contributed by atoms with Gasteiger partial charge in [-0.1, -0.05) is 60.7 Å². The Bertz CT molecular complexity index is 842. The van der Waals surface area contributed by atoms with Gasteiger partial charge in [-0.15, -0.1) is 0 Å². The molecule has 0 saturated carbocycles. The van der Waals surface area contributed by atoms with Crippen LogP contribution in [0.1, 0.15) is 11.1 Å². The summed E-state index contributed by atoms with van der Waals surface area (Å²) in [6, 6.07) is 16.7. The molecule has 29 heavy (non-hydrogen) atoms. The third kappa shape index (κ3) is 7.33. The Morgan fingerprint density at radius 2 is 1.45 bits per heavy atom. The number of benzene rings is 2. The zero-order valence-corrected chi connectivity index (χ0v) is 15.7. The Balaban J connectivity index is 1.92. The van der Waals surface area contributed by atoms with Crippen molar-refractivity contribution in [1.29, 1.82) is 0 Å². The van der Waals surface area contributed by atoms with Gasteiger partial charge < -0.3 is 14.8 Å². The van der Waals surface area contributed by atoms with E-state index in [1.54, 1.807) is 54.6 Å². The van der Waals surface area contributed by atoms with Crippen LogP contribution in [0.4, 0.5) is 4.79 Å². The molecule has 2 aromatic rings. The maximum absolute atomic E-state index is 12.4. The Morgan fingerprint density at radius 3 is 2.03 bits per heavy atom. The van der Waals surface area contributed by atoms with E-state index in [0.717, 1.165) is 18.2 Å². The van der Waals surface area contributed by atoms with E-state index < -0.39 is 29.9 Å². The van der Waals surface area contributed by atoms with Crippen LogP contribution < -0.4 is 16.2 Å². The number of nitrogens with one attached hydrogen (secondary N) is 3. The second kappa shape index (κ2) is 11.1. The highest BCUT2D eigenvalue weighted by molar-refractivity contribution is 6.32. The van der Waals surface area contributed by atoms with E-state index in [1.165, 1.54) is 0 Å². The number of methoxy groups -OCH3 is 1. The van der Waals surface area contributed by atoms with Crippen molar-refractivity contribution in [2.45, 2.75) is 19.1 Å². The smallest absolute Gasteiger partial charge is 0.426 e. The van der Waals surface area contributed by atoms with Crippen LogP contribution in [0.5, 0.6) is 0 Å². The SMILES string of the molecule is COC(=O)C(=O)N[C@H](Cc1ccccc1)C(=O)NNC(=O)OCc1ccccc1. The summed E-state index contributed by atoms with van der Waals surface area (Å²) in [7, 11) is 1.05. The molecule has 0 aliphatic rings. The highest BCUT2D eigenvalue weighted by Gasteiger charge is 2.25.